The Balaban J connectivity index is 2.24. The van der Waals surface area contributed by atoms with Gasteiger partial charge in [0.05, 0.1) is 12.4 Å². The number of ether oxygens (including phenoxy) is 1. The molecule has 2 unspecified atom stereocenters. The molecule has 0 bridgehead atoms. The van der Waals surface area contributed by atoms with Crippen LogP contribution in [-0.2, 0) is 16.0 Å². The zero-order valence-corrected chi connectivity index (χ0v) is 8.60. The average Bonchev–Trinajstić information content (AvgIpc) is 2.78. The van der Waals surface area contributed by atoms with E-state index in [9.17, 15) is 9.90 Å². The maximum atomic E-state index is 11.3. The van der Waals surface area contributed by atoms with Crippen molar-refractivity contribution in [3.05, 3.63) is 24.2 Å². The van der Waals surface area contributed by atoms with Gasteiger partial charge in [0, 0.05) is 13.0 Å². The van der Waals surface area contributed by atoms with Gasteiger partial charge in [0.15, 0.2) is 0 Å². The first-order chi connectivity index (χ1) is 7.15. The fourth-order valence-corrected chi connectivity index (χ4v) is 2.09. The van der Waals surface area contributed by atoms with Gasteiger partial charge in [-0.1, -0.05) is 0 Å². The molecule has 1 aliphatic rings. The number of carboxylic acid groups (broad SMARTS) is 1. The summed E-state index contributed by atoms with van der Waals surface area (Å²) >= 11 is 0. The van der Waals surface area contributed by atoms with Gasteiger partial charge in [-0.15, -0.1) is 0 Å². The molecule has 2 atom stereocenters. The van der Waals surface area contributed by atoms with Crippen molar-refractivity contribution in [2.75, 3.05) is 6.61 Å². The van der Waals surface area contributed by atoms with E-state index in [1.165, 1.54) is 0 Å². The third-order valence-corrected chi connectivity index (χ3v) is 3.19. The second-order valence-electron chi connectivity index (χ2n) is 3.98. The van der Waals surface area contributed by atoms with Crippen molar-refractivity contribution >= 4 is 5.97 Å². The smallest absolute Gasteiger partial charge is 0.312 e. The molecule has 1 aromatic heterocycles. The second kappa shape index (κ2) is 3.70. The summed E-state index contributed by atoms with van der Waals surface area (Å²) in [5.74, 6) is -0.0985. The predicted molar refractivity (Wildman–Crippen MR) is 52.5 cm³/mol. The van der Waals surface area contributed by atoms with Crippen LogP contribution in [0.2, 0.25) is 0 Å². The van der Waals surface area contributed by atoms with E-state index in [0.717, 1.165) is 0 Å². The highest BCUT2D eigenvalue weighted by Crippen LogP contribution is 2.38. The molecule has 4 heteroatoms. The molecule has 2 heterocycles. The number of rotatable bonds is 3. The Bertz CT molecular complexity index is 343. The lowest BCUT2D eigenvalue weighted by atomic mass is 9.78. The Kier molecular flexibility index (Phi) is 2.52. The number of hydrogen-bond donors (Lipinski definition) is 1. The van der Waals surface area contributed by atoms with Crippen LogP contribution in [0.5, 0.6) is 0 Å². The maximum Gasteiger partial charge on any atom is 0.312 e. The molecule has 0 aliphatic carbocycles. The van der Waals surface area contributed by atoms with Gasteiger partial charge in [0.2, 0.25) is 0 Å². The molecule has 0 aromatic carbocycles. The normalized spacial score (nSPS) is 30.6. The molecule has 4 nitrogen and oxygen atoms in total. The Morgan fingerprint density at radius 2 is 2.53 bits per heavy atom. The highest BCUT2D eigenvalue weighted by molar-refractivity contribution is 5.76. The lowest BCUT2D eigenvalue weighted by Gasteiger charge is -2.26. The minimum atomic E-state index is -0.822. The Morgan fingerprint density at radius 1 is 1.73 bits per heavy atom. The van der Waals surface area contributed by atoms with Crippen LogP contribution in [0.1, 0.15) is 19.1 Å². The first-order valence-corrected chi connectivity index (χ1v) is 5.02. The summed E-state index contributed by atoms with van der Waals surface area (Å²) in [5.41, 5.74) is -0.822. The topological polar surface area (TPSA) is 59.7 Å². The summed E-state index contributed by atoms with van der Waals surface area (Å²) < 4.78 is 10.6. The molecule has 0 radical (unpaired) electrons. The van der Waals surface area contributed by atoms with Crippen molar-refractivity contribution in [3.63, 3.8) is 0 Å². The molecule has 1 aliphatic heterocycles. The van der Waals surface area contributed by atoms with Crippen molar-refractivity contribution in [3.8, 4) is 0 Å². The number of aliphatic carboxylic acids is 1. The predicted octanol–water partition coefficient (Wildman–Crippen LogP) is 1.70. The zero-order chi connectivity index (χ0) is 10.9. The third-order valence-electron chi connectivity index (χ3n) is 3.19. The fourth-order valence-electron chi connectivity index (χ4n) is 2.09. The van der Waals surface area contributed by atoms with Crippen molar-refractivity contribution in [1.29, 1.82) is 0 Å². The van der Waals surface area contributed by atoms with E-state index < -0.39 is 11.4 Å². The van der Waals surface area contributed by atoms with E-state index in [2.05, 4.69) is 0 Å². The van der Waals surface area contributed by atoms with Crippen LogP contribution < -0.4 is 0 Å². The summed E-state index contributed by atoms with van der Waals surface area (Å²) in [5, 5.41) is 9.31. The molecule has 82 valence electrons. The van der Waals surface area contributed by atoms with Gasteiger partial charge >= 0.3 is 5.97 Å². The molecule has 1 saturated heterocycles. The van der Waals surface area contributed by atoms with Crippen LogP contribution in [0.25, 0.3) is 0 Å². The molecule has 0 saturated carbocycles. The minimum absolute atomic E-state index is 0.264. The first kappa shape index (κ1) is 10.2. The monoisotopic (exact) mass is 210 g/mol. The molecule has 15 heavy (non-hydrogen) atoms. The third kappa shape index (κ3) is 1.65. The minimum Gasteiger partial charge on any atom is -0.481 e. The Morgan fingerprint density at radius 3 is 3.00 bits per heavy atom. The van der Waals surface area contributed by atoms with Crippen molar-refractivity contribution in [2.24, 2.45) is 5.41 Å². The molecular formula is C11H14O4. The average molecular weight is 210 g/mol. The van der Waals surface area contributed by atoms with E-state index in [1.54, 1.807) is 18.4 Å². The standard InChI is InChI=1S/C11H14O4/c1-8-11(10(12)13,4-6-14-8)7-9-3-2-5-15-9/h2-3,5,8H,4,6-7H2,1H3,(H,12,13). The molecule has 1 aromatic rings. The SMILES string of the molecule is CC1OCCC1(Cc1ccco1)C(=O)O. The molecule has 1 N–H and O–H groups in total. The second-order valence-corrected chi connectivity index (χ2v) is 3.98. The van der Waals surface area contributed by atoms with Crippen LogP contribution in [-0.4, -0.2) is 23.8 Å². The lowest BCUT2D eigenvalue weighted by Crippen LogP contribution is -2.39. The highest BCUT2D eigenvalue weighted by atomic mass is 16.5. The van der Waals surface area contributed by atoms with E-state index in [0.29, 0.717) is 25.2 Å². The summed E-state index contributed by atoms with van der Waals surface area (Å²) in [6.45, 7) is 2.32. The zero-order valence-electron chi connectivity index (χ0n) is 8.60. The molecule has 2 rings (SSSR count). The summed E-state index contributed by atoms with van der Waals surface area (Å²) in [4.78, 5) is 11.3. The van der Waals surface area contributed by atoms with Crippen molar-refractivity contribution < 1.29 is 19.1 Å². The molecule has 0 amide bonds. The molecule has 0 spiro atoms. The quantitative estimate of drug-likeness (QED) is 0.824. The van der Waals surface area contributed by atoms with E-state index in [4.69, 9.17) is 9.15 Å². The van der Waals surface area contributed by atoms with Crippen molar-refractivity contribution in [1.82, 2.24) is 0 Å². The first-order valence-electron chi connectivity index (χ1n) is 5.02. The molecular weight excluding hydrogens is 196 g/mol. The largest absolute Gasteiger partial charge is 0.481 e. The molecule has 1 fully saturated rings. The van der Waals surface area contributed by atoms with Gasteiger partial charge in [-0.3, -0.25) is 4.79 Å². The van der Waals surface area contributed by atoms with Gasteiger partial charge in [-0.05, 0) is 25.5 Å². The van der Waals surface area contributed by atoms with E-state index in [1.807, 2.05) is 6.92 Å². The van der Waals surface area contributed by atoms with Gasteiger partial charge in [0.1, 0.15) is 11.2 Å². The number of hydrogen-bond acceptors (Lipinski definition) is 3. The number of furan rings is 1. The number of carboxylic acids is 1. The lowest BCUT2D eigenvalue weighted by molar-refractivity contribution is -0.152. The Labute approximate surface area is 87.8 Å². The van der Waals surface area contributed by atoms with Crippen LogP contribution in [0.3, 0.4) is 0 Å². The van der Waals surface area contributed by atoms with Crippen LogP contribution in [0.4, 0.5) is 0 Å². The summed E-state index contributed by atoms with van der Waals surface area (Å²) in [7, 11) is 0. The van der Waals surface area contributed by atoms with Gasteiger partial charge in [0.25, 0.3) is 0 Å². The highest BCUT2D eigenvalue weighted by Gasteiger charge is 2.48. The van der Waals surface area contributed by atoms with Gasteiger partial charge in [-0.25, -0.2) is 0 Å². The summed E-state index contributed by atoms with van der Waals surface area (Å²) in [6, 6.07) is 3.57. The van der Waals surface area contributed by atoms with Crippen molar-refractivity contribution in [2.45, 2.75) is 25.9 Å². The fraction of sp³-hybridized carbons (Fsp3) is 0.545. The summed E-state index contributed by atoms with van der Waals surface area (Å²) in [6.07, 6.45) is 2.24. The van der Waals surface area contributed by atoms with E-state index >= 15 is 0 Å². The van der Waals surface area contributed by atoms with Crippen LogP contribution in [0.15, 0.2) is 22.8 Å². The van der Waals surface area contributed by atoms with Gasteiger partial charge in [-0.2, -0.15) is 0 Å². The Hall–Kier alpha value is -1.29. The van der Waals surface area contributed by atoms with Crippen LogP contribution in [0, 0.1) is 5.41 Å². The maximum absolute atomic E-state index is 11.3. The van der Waals surface area contributed by atoms with E-state index in [-0.39, 0.29) is 6.10 Å². The van der Waals surface area contributed by atoms with Gasteiger partial charge < -0.3 is 14.3 Å². The van der Waals surface area contributed by atoms with Crippen LogP contribution >= 0.6 is 0 Å². The number of carbonyl (C=O) groups is 1.